The summed E-state index contributed by atoms with van der Waals surface area (Å²) in [5.74, 6) is -0.268. The number of hydrogen-bond acceptors (Lipinski definition) is 6. The van der Waals surface area contributed by atoms with E-state index in [0.29, 0.717) is 18.0 Å². The Labute approximate surface area is 179 Å². The van der Waals surface area contributed by atoms with Crippen LogP contribution in [-0.2, 0) is 17.8 Å². The number of benzene rings is 2. The third-order valence-corrected chi connectivity index (χ3v) is 5.45. The van der Waals surface area contributed by atoms with Crippen LogP contribution in [0.5, 0.6) is 5.75 Å². The number of hydrogen-bond donors (Lipinski definition) is 3. The number of thiazole rings is 1. The number of primary amides is 1. The van der Waals surface area contributed by atoms with E-state index in [1.807, 2.05) is 54.6 Å². The molecule has 5 N–H and O–H groups in total. The van der Waals surface area contributed by atoms with E-state index in [1.165, 1.54) is 18.3 Å². The number of nitrogens with two attached hydrogens (primary N) is 2. The van der Waals surface area contributed by atoms with Gasteiger partial charge in [0.05, 0.1) is 6.04 Å². The van der Waals surface area contributed by atoms with Crippen molar-refractivity contribution in [3.05, 3.63) is 81.8 Å². The lowest BCUT2D eigenvalue weighted by Crippen LogP contribution is -2.42. The van der Waals surface area contributed by atoms with Crippen molar-refractivity contribution in [3.63, 3.8) is 0 Å². The SMILES string of the molecule is CC(NC(=O)c1csc(C(N)Cc2ccc(OCc3ccccc3)cc2)n1)C(N)=O. The van der Waals surface area contributed by atoms with Crippen molar-refractivity contribution in [1.29, 1.82) is 0 Å². The highest BCUT2D eigenvalue weighted by atomic mass is 32.1. The van der Waals surface area contributed by atoms with E-state index in [-0.39, 0.29) is 11.7 Å². The lowest BCUT2D eigenvalue weighted by molar-refractivity contribution is -0.119. The van der Waals surface area contributed by atoms with Crippen LogP contribution in [0.15, 0.2) is 60.0 Å². The zero-order chi connectivity index (χ0) is 21.5. The highest BCUT2D eigenvalue weighted by molar-refractivity contribution is 7.09. The summed E-state index contributed by atoms with van der Waals surface area (Å²) in [6, 6.07) is 16.6. The summed E-state index contributed by atoms with van der Waals surface area (Å²) in [5, 5.41) is 4.78. The van der Waals surface area contributed by atoms with Gasteiger partial charge in [-0.2, -0.15) is 0 Å². The van der Waals surface area contributed by atoms with E-state index in [2.05, 4.69) is 10.3 Å². The molecule has 7 nitrogen and oxygen atoms in total. The fourth-order valence-corrected chi connectivity index (χ4v) is 3.51. The quantitative estimate of drug-likeness (QED) is 0.488. The van der Waals surface area contributed by atoms with Gasteiger partial charge in [0.2, 0.25) is 5.91 Å². The molecule has 0 bridgehead atoms. The second kappa shape index (κ2) is 10.00. The summed E-state index contributed by atoms with van der Waals surface area (Å²) in [6.45, 7) is 2.03. The maximum Gasteiger partial charge on any atom is 0.271 e. The highest BCUT2D eigenvalue weighted by Gasteiger charge is 2.18. The van der Waals surface area contributed by atoms with Gasteiger partial charge in [0, 0.05) is 5.38 Å². The van der Waals surface area contributed by atoms with Gasteiger partial charge < -0.3 is 21.5 Å². The molecule has 0 saturated heterocycles. The fraction of sp³-hybridized carbons (Fsp3) is 0.227. The van der Waals surface area contributed by atoms with Gasteiger partial charge in [-0.05, 0) is 36.6 Å². The Morgan fingerprint density at radius 2 is 1.80 bits per heavy atom. The van der Waals surface area contributed by atoms with Crippen molar-refractivity contribution in [1.82, 2.24) is 10.3 Å². The summed E-state index contributed by atoms with van der Waals surface area (Å²) in [4.78, 5) is 27.5. The molecule has 0 aliphatic heterocycles. The summed E-state index contributed by atoms with van der Waals surface area (Å²) < 4.78 is 5.80. The number of amides is 2. The lowest BCUT2D eigenvalue weighted by Gasteiger charge is -2.11. The van der Waals surface area contributed by atoms with Gasteiger partial charge in [0.15, 0.2) is 0 Å². The third kappa shape index (κ3) is 5.88. The minimum Gasteiger partial charge on any atom is -0.489 e. The number of nitrogens with one attached hydrogen (secondary N) is 1. The van der Waals surface area contributed by atoms with Crippen molar-refractivity contribution in [3.8, 4) is 5.75 Å². The second-order valence-electron chi connectivity index (χ2n) is 6.90. The van der Waals surface area contributed by atoms with Crippen LogP contribution in [0.2, 0.25) is 0 Å². The van der Waals surface area contributed by atoms with Crippen LogP contribution in [0, 0.1) is 0 Å². The molecule has 2 unspecified atom stereocenters. The summed E-state index contributed by atoms with van der Waals surface area (Å²) in [5.41, 5.74) is 13.8. The van der Waals surface area contributed by atoms with E-state index in [4.69, 9.17) is 16.2 Å². The maximum absolute atomic E-state index is 12.1. The average molecular weight is 425 g/mol. The Balaban J connectivity index is 1.54. The molecule has 30 heavy (non-hydrogen) atoms. The second-order valence-corrected chi connectivity index (χ2v) is 7.79. The molecule has 0 fully saturated rings. The molecule has 0 aliphatic rings. The van der Waals surface area contributed by atoms with Crippen molar-refractivity contribution < 1.29 is 14.3 Å². The Kier molecular flexibility index (Phi) is 7.16. The third-order valence-electron chi connectivity index (χ3n) is 4.47. The summed E-state index contributed by atoms with van der Waals surface area (Å²) >= 11 is 1.31. The van der Waals surface area contributed by atoms with Gasteiger partial charge in [-0.15, -0.1) is 11.3 Å². The minimum atomic E-state index is -0.765. The topological polar surface area (TPSA) is 120 Å². The van der Waals surface area contributed by atoms with Gasteiger partial charge >= 0.3 is 0 Å². The van der Waals surface area contributed by atoms with Gasteiger partial charge in [0.25, 0.3) is 5.91 Å². The Morgan fingerprint density at radius 3 is 2.47 bits per heavy atom. The number of aromatic nitrogens is 1. The molecule has 0 spiro atoms. The molecule has 0 aliphatic carbocycles. The molecule has 3 aromatic rings. The van der Waals surface area contributed by atoms with E-state index in [9.17, 15) is 9.59 Å². The number of carbonyl (C=O) groups excluding carboxylic acids is 2. The van der Waals surface area contributed by atoms with Crippen molar-refractivity contribution in [2.45, 2.75) is 32.0 Å². The maximum atomic E-state index is 12.1. The molecular weight excluding hydrogens is 400 g/mol. The first kappa shape index (κ1) is 21.5. The lowest BCUT2D eigenvalue weighted by atomic mass is 10.1. The van der Waals surface area contributed by atoms with E-state index < -0.39 is 17.9 Å². The zero-order valence-electron chi connectivity index (χ0n) is 16.6. The molecule has 0 saturated carbocycles. The van der Waals surface area contributed by atoms with Crippen LogP contribution in [0.4, 0.5) is 0 Å². The smallest absolute Gasteiger partial charge is 0.271 e. The number of nitrogens with zero attached hydrogens (tertiary/aromatic N) is 1. The normalized spacial score (nSPS) is 12.7. The van der Waals surface area contributed by atoms with Crippen LogP contribution in [0.25, 0.3) is 0 Å². The Hall–Kier alpha value is -3.23. The molecule has 1 aromatic heterocycles. The van der Waals surface area contributed by atoms with Crippen LogP contribution >= 0.6 is 11.3 Å². The Bertz CT molecular complexity index is 989. The van der Waals surface area contributed by atoms with Crippen LogP contribution < -0.4 is 21.5 Å². The molecule has 2 aromatic carbocycles. The van der Waals surface area contributed by atoms with E-state index in [0.717, 1.165) is 16.9 Å². The van der Waals surface area contributed by atoms with E-state index in [1.54, 1.807) is 5.38 Å². The van der Waals surface area contributed by atoms with Crippen LogP contribution in [0.3, 0.4) is 0 Å². The van der Waals surface area contributed by atoms with Crippen LogP contribution in [-0.4, -0.2) is 22.8 Å². The molecular formula is C22H24N4O3S. The predicted octanol–water partition coefficient (Wildman–Crippen LogP) is 2.57. The van der Waals surface area contributed by atoms with Crippen LogP contribution in [0.1, 0.15) is 39.6 Å². The van der Waals surface area contributed by atoms with Crippen molar-refractivity contribution in [2.75, 3.05) is 0 Å². The number of ether oxygens (including phenoxy) is 1. The summed E-state index contributed by atoms with van der Waals surface area (Å²) in [7, 11) is 0. The molecule has 1 heterocycles. The first-order valence-electron chi connectivity index (χ1n) is 9.49. The molecule has 2 amide bonds. The van der Waals surface area contributed by atoms with Gasteiger partial charge in [-0.3, -0.25) is 9.59 Å². The minimum absolute atomic E-state index is 0.225. The van der Waals surface area contributed by atoms with Crippen molar-refractivity contribution in [2.24, 2.45) is 11.5 Å². The van der Waals surface area contributed by atoms with Gasteiger partial charge in [0.1, 0.15) is 29.1 Å². The standard InChI is InChI=1S/C22H24N4O3S/c1-14(20(24)27)25-21(28)19-13-30-22(26-19)18(23)11-15-7-9-17(10-8-15)29-12-16-5-3-2-4-6-16/h2-10,13-14,18H,11-12,23H2,1H3,(H2,24,27)(H,25,28). The predicted molar refractivity (Wildman–Crippen MR) is 116 cm³/mol. The Morgan fingerprint density at radius 1 is 1.10 bits per heavy atom. The first-order chi connectivity index (χ1) is 14.4. The molecule has 156 valence electrons. The fourth-order valence-electron chi connectivity index (χ4n) is 2.71. The van der Waals surface area contributed by atoms with E-state index >= 15 is 0 Å². The highest BCUT2D eigenvalue weighted by Crippen LogP contribution is 2.22. The number of carbonyl (C=O) groups is 2. The molecule has 2 atom stereocenters. The zero-order valence-corrected chi connectivity index (χ0v) is 17.4. The molecule has 8 heteroatoms. The molecule has 0 radical (unpaired) electrons. The molecule has 3 rings (SSSR count). The monoisotopic (exact) mass is 424 g/mol. The first-order valence-corrected chi connectivity index (χ1v) is 10.4. The largest absolute Gasteiger partial charge is 0.489 e. The van der Waals surface area contributed by atoms with Crippen molar-refractivity contribution >= 4 is 23.2 Å². The summed E-state index contributed by atoms with van der Waals surface area (Å²) in [6.07, 6.45) is 0.575. The number of rotatable bonds is 9. The average Bonchev–Trinajstić information content (AvgIpc) is 3.24. The van der Waals surface area contributed by atoms with Gasteiger partial charge in [-0.1, -0.05) is 42.5 Å². The van der Waals surface area contributed by atoms with Gasteiger partial charge in [-0.25, -0.2) is 4.98 Å².